The van der Waals surface area contributed by atoms with Gasteiger partial charge >= 0.3 is 6.03 Å². The number of sulfonamides is 1. The van der Waals surface area contributed by atoms with Crippen LogP contribution in [0.1, 0.15) is 43.2 Å². The monoisotopic (exact) mass is 401 g/mol. The Morgan fingerprint density at radius 1 is 0.929 bits per heavy atom. The summed E-state index contributed by atoms with van der Waals surface area (Å²) >= 11 is 0. The highest BCUT2D eigenvalue weighted by Crippen LogP contribution is 2.24. The van der Waals surface area contributed by atoms with Gasteiger partial charge in [-0.25, -0.2) is 13.2 Å². The van der Waals surface area contributed by atoms with E-state index in [0.717, 1.165) is 36.8 Å². The number of aryl methyl sites for hydroxylation is 2. The predicted molar refractivity (Wildman–Crippen MR) is 112 cm³/mol. The first-order chi connectivity index (χ1) is 13.3. The van der Waals surface area contributed by atoms with Crippen LogP contribution in [-0.2, 0) is 10.0 Å². The molecular weight excluding hydrogens is 374 g/mol. The lowest BCUT2D eigenvalue weighted by atomic mass is 9.96. The number of amides is 2. The largest absolute Gasteiger partial charge is 0.335 e. The van der Waals surface area contributed by atoms with Gasteiger partial charge in [-0.3, -0.25) is 4.72 Å². The van der Waals surface area contributed by atoms with Gasteiger partial charge in [-0.15, -0.1) is 0 Å². The van der Waals surface area contributed by atoms with Crippen LogP contribution in [0.5, 0.6) is 0 Å². The molecule has 0 saturated heterocycles. The molecule has 1 saturated carbocycles. The lowest BCUT2D eigenvalue weighted by Crippen LogP contribution is -2.39. The average Bonchev–Trinajstić information content (AvgIpc) is 2.66. The number of rotatable bonds is 5. The van der Waals surface area contributed by atoms with Gasteiger partial charge in [0, 0.05) is 11.7 Å². The van der Waals surface area contributed by atoms with Crippen molar-refractivity contribution in [1.82, 2.24) is 5.32 Å². The molecule has 0 atom stereocenters. The summed E-state index contributed by atoms with van der Waals surface area (Å²) < 4.78 is 28.0. The van der Waals surface area contributed by atoms with Gasteiger partial charge < -0.3 is 10.6 Å². The van der Waals surface area contributed by atoms with Crippen molar-refractivity contribution >= 4 is 27.4 Å². The molecule has 3 N–H and O–H groups in total. The van der Waals surface area contributed by atoms with Crippen LogP contribution in [0.4, 0.5) is 16.2 Å². The smallest absolute Gasteiger partial charge is 0.319 e. The molecule has 0 unspecified atom stereocenters. The van der Waals surface area contributed by atoms with Gasteiger partial charge in [0.25, 0.3) is 10.0 Å². The maximum Gasteiger partial charge on any atom is 0.319 e. The van der Waals surface area contributed by atoms with Crippen molar-refractivity contribution in [1.29, 1.82) is 0 Å². The first kappa shape index (κ1) is 20.2. The van der Waals surface area contributed by atoms with Crippen molar-refractivity contribution in [3.63, 3.8) is 0 Å². The summed E-state index contributed by atoms with van der Waals surface area (Å²) in [5.41, 5.74) is 2.87. The summed E-state index contributed by atoms with van der Waals surface area (Å²) in [6.45, 7) is 3.73. The lowest BCUT2D eigenvalue weighted by Gasteiger charge is -2.22. The third-order valence-electron chi connectivity index (χ3n) is 5.08. The van der Waals surface area contributed by atoms with E-state index >= 15 is 0 Å². The highest BCUT2D eigenvalue weighted by atomic mass is 32.2. The fraction of sp³-hybridized carbons (Fsp3) is 0.381. The molecule has 0 aromatic heterocycles. The van der Waals surface area contributed by atoms with E-state index in [9.17, 15) is 13.2 Å². The van der Waals surface area contributed by atoms with Gasteiger partial charge in [-0.05, 0) is 62.1 Å². The standard InChI is InChI=1S/C21H27N3O3S/c1-15-7-6-8-16(2)20(15)24-28(26,27)19-13-11-18(12-14-19)23-21(25)22-17-9-4-3-5-10-17/h6-8,11-14,17,24H,3-5,9-10H2,1-2H3,(H2,22,23,25). The molecule has 150 valence electrons. The first-order valence-corrected chi connectivity index (χ1v) is 11.1. The van der Waals surface area contributed by atoms with Crippen molar-refractivity contribution in [2.45, 2.75) is 56.9 Å². The van der Waals surface area contributed by atoms with E-state index in [-0.39, 0.29) is 17.0 Å². The Morgan fingerprint density at radius 3 is 2.14 bits per heavy atom. The minimum atomic E-state index is -3.70. The number of carbonyl (C=O) groups is 1. The van der Waals surface area contributed by atoms with Crippen LogP contribution in [0.15, 0.2) is 47.4 Å². The van der Waals surface area contributed by atoms with Crippen molar-refractivity contribution < 1.29 is 13.2 Å². The molecule has 0 radical (unpaired) electrons. The maximum absolute atomic E-state index is 12.7. The molecule has 2 aromatic rings. The Balaban J connectivity index is 1.65. The zero-order valence-electron chi connectivity index (χ0n) is 16.3. The highest BCUT2D eigenvalue weighted by Gasteiger charge is 2.18. The number of nitrogens with one attached hydrogen (secondary N) is 3. The molecular formula is C21H27N3O3S. The number of para-hydroxylation sites is 1. The Bertz CT molecular complexity index is 914. The summed E-state index contributed by atoms with van der Waals surface area (Å²) in [5.74, 6) is 0. The van der Waals surface area contributed by atoms with Crippen LogP contribution in [0.2, 0.25) is 0 Å². The Kier molecular flexibility index (Phi) is 6.24. The zero-order valence-corrected chi connectivity index (χ0v) is 17.1. The summed E-state index contributed by atoms with van der Waals surface area (Å²) in [7, 11) is -3.70. The Labute approximate surface area is 166 Å². The topological polar surface area (TPSA) is 87.3 Å². The van der Waals surface area contributed by atoms with Gasteiger partial charge in [0.15, 0.2) is 0 Å². The molecule has 7 heteroatoms. The number of urea groups is 1. The number of benzene rings is 2. The van der Waals surface area contributed by atoms with Gasteiger partial charge in [0.2, 0.25) is 0 Å². The third-order valence-corrected chi connectivity index (χ3v) is 6.45. The highest BCUT2D eigenvalue weighted by molar-refractivity contribution is 7.92. The minimum Gasteiger partial charge on any atom is -0.335 e. The minimum absolute atomic E-state index is 0.147. The average molecular weight is 402 g/mol. The fourth-order valence-corrected chi connectivity index (χ4v) is 4.69. The van der Waals surface area contributed by atoms with Gasteiger partial charge in [0.05, 0.1) is 10.6 Å². The molecule has 6 nitrogen and oxygen atoms in total. The van der Waals surface area contributed by atoms with E-state index < -0.39 is 10.0 Å². The molecule has 0 bridgehead atoms. The van der Waals surface area contributed by atoms with E-state index in [4.69, 9.17) is 0 Å². The van der Waals surface area contributed by atoms with Crippen molar-refractivity contribution in [2.24, 2.45) is 0 Å². The Morgan fingerprint density at radius 2 is 1.54 bits per heavy atom. The summed E-state index contributed by atoms with van der Waals surface area (Å²) in [6, 6.07) is 11.8. The number of hydrogen-bond donors (Lipinski definition) is 3. The second-order valence-corrected chi connectivity index (χ2v) is 9.01. The molecule has 1 fully saturated rings. The second kappa shape index (κ2) is 8.65. The van der Waals surface area contributed by atoms with Crippen LogP contribution >= 0.6 is 0 Å². The first-order valence-electron chi connectivity index (χ1n) is 9.62. The molecule has 0 heterocycles. The molecule has 2 aromatic carbocycles. The van der Waals surface area contributed by atoms with Gasteiger partial charge in [-0.2, -0.15) is 0 Å². The SMILES string of the molecule is Cc1cccc(C)c1NS(=O)(=O)c1ccc(NC(=O)NC2CCCCC2)cc1. The van der Waals surface area contributed by atoms with E-state index in [2.05, 4.69) is 15.4 Å². The Hall–Kier alpha value is -2.54. The van der Waals surface area contributed by atoms with E-state index in [1.165, 1.54) is 18.6 Å². The molecule has 1 aliphatic carbocycles. The van der Waals surface area contributed by atoms with Gasteiger partial charge in [0.1, 0.15) is 0 Å². The summed E-state index contributed by atoms with van der Waals surface area (Å²) in [6.07, 6.45) is 5.53. The molecule has 28 heavy (non-hydrogen) atoms. The van der Waals surface area contributed by atoms with E-state index in [1.807, 2.05) is 32.0 Å². The van der Waals surface area contributed by atoms with Gasteiger partial charge in [-0.1, -0.05) is 37.5 Å². The zero-order chi connectivity index (χ0) is 20.1. The number of hydrogen-bond acceptors (Lipinski definition) is 3. The van der Waals surface area contributed by atoms with Crippen LogP contribution in [-0.4, -0.2) is 20.5 Å². The second-order valence-electron chi connectivity index (χ2n) is 7.33. The maximum atomic E-state index is 12.7. The van der Waals surface area contributed by atoms with Crippen molar-refractivity contribution in [3.05, 3.63) is 53.6 Å². The fourth-order valence-electron chi connectivity index (χ4n) is 3.49. The lowest BCUT2D eigenvalue weighted by molar-refractivity contribution is 0.244. The summed E-state index contributed by atoms with van der Waals surface area (Å²) in [4.78, 5) is 12.3. The number of anilines is 2. The normalized spacial score (nSPS) is 15.1. The van der Waals surface area contributed by atoms with Crippen LogP contribution < -0.4 is 15.4 Å². The van der Waals surface area contributed by atoms with E-state index in [1.54, 1.807) is 12.1 Å². The molecule has 0 spiro atoms. The molecule has 1 aliphatic rings. The number of carbonyl (C=O) groups excluding carboxylic acids is 1. The van der Waals surface area contributed by atoms with Crippen molar-refractivity contribution in [3.8, 4) is 0 Å². The summed E-state index contributed by atoms with van der Waals surface area (Å²) in [5, 5.41) is 5.75. The molecule has 0 aliphatic heterocycles. The molecule has 3 rings (SSSR count). The van der Waals surface area contributed by atoms with Crippen LogP contribution in [0.3, 0.4) is 0 Å². The van der Waals surface area contributed by atoms with Crippen molar-refractivity contribution in [2.75, 3.05) is 10.0 Å². The van der Waals surface area contributed by atoms with Crippen LogP contribution in [0, 0.1) is 13.8 Å². The molecule has 2 amide bonds. The predicted octanol–water partition coefficient (Wildman–Crippen LogP) is 4.56. The third kappa shape index (κ3) is 5.04. The van der Waals surface area contributed by atoms with E-state index in [0.29, 0.717) is 11.4 Å². The quantitative estimate of drug-likeness (QED) is 0.686. The van der Waals surface area contributed by atoms with Crippen LogP contribution in [0.25, 0.3) is 0 Å².